The number of furan rings is 1. The van der Waals surface area contributed by atoms with E-state index in [4.69, 9.17) is 16.0 Å². The zero-order valence-corrected chi connectivity index (χ0v) is 13.0. The molecule has 0 atom stereocenters. The number of carbonyl (C=O) groups excluding carboxylic acids is 1. The molecular weight excluding hydrogens is 330 g/mol. The molecule has 2 rings (SSSR count). The van der Waals surface area contributed by atoms with Gasteiger partial charge in [0.05, 0.1) is 12.1 Å². The molecule has 19 heavy (non-hydrogen) atoms. The molecule has 0 radical (unpaired) electrons. The minimum atomic E-state index is -0.0856. The third kappa shape index (κ3) is 3.39. The van der Waals surface area contributed by atoms with Crippen LogP contribution in [0.1, 0.15) is 21.9 Å². The molecule has 0 saturated heterocycles. The van der Waals surface area contributed by atoms with Gasteiger partial charge in [-0.3, -0.25) is 4.79 Å². The lowest BCUT2D eigenvalue weighted by molar-refractivity contribution is 0.0774. The summed E-state index contributed by atoms with van der Waals surface area (Å²) in [6, 6.07) is 8.87. The number of carbonyl (C=O) groups is 1. The van der Waals surface area contributed by atoms with Crippen molar-refractivity contribution < 1.29 is 9.21 Å². The minimum absolute atomic E-state index is 0.0856. The fraction of sp³-hybridized carbons (Fsp3) is 0.214. The molecule has 0 fully saturated rings. The largest absolute Gasteiger partial charge is 0.464 e. The molecule has 1 aromatic heterocycles. The standard InChI is InChI=1S/C14H13BrClNO2/c1-9-3-5-11(19-9)8-17(2)14(18)12-6-4-10(16)7-13(12)15/h3-7H,8H2,1-2H3. The number of hydrogen-bond acceptors (Lipinski definition) is 2. The average Bonchev–Trinajstić information content (AvgIpc) is 2.74. The summed E-state index contributed by atoms with van der Waals surface area (Å²) in [6.45, 7) is 2.31. The van der Waals surface area contributed by atoms with Gasteiger partial charge in [-0.05, 0) is 53.2 Å². The van der Waals surface area contributed by atoms with Gasteiger partial charge < -0.3 is 9.32 Å². The van der Waals surface area contributed by atoms with Crippen molar-refractivity contribution in [1.82, 2.24) is 4.90 Å². The molecule has 0 bridgehead atoms. The Bertz CT molecular complexity index is 609. The number of nitrogens with zero attached hydrogens (tertiary/aromatic N) is 1. The number of benzene rings is 1. The molecule has 1 heterocycles. The lowest BCUT2D eigenvalue weighted by Crippen LogP contribution is -2.26. The molecule has 0 N–H and O–H groups in total. The summed E-state index contributed by atoms with van der Waals surface area (Å²) < 4.78 is 6.15. The Morgan fingerprint density at radius 2 is 2.11 bits per heavy atom. The lowest BCUT2D eigenvalue weighted by Gasteiger charge is -2.16. The predicted octanol–water partition coefficient (Wildman–Crippen LogP) is 4.28. The Morgan fingerprint density at radius 3 is 2.68 bits per heavy atom. The van der Waals surface area contributed by atoms with Gasteiger partial charge in [0.2, 0.25) is 0 Å². The van der Waals surface area contributed by atoms with E-state index >= 15 is 0 Å². The van der Waals surface area contributed by atoms with E-state index in [2.05, 4.69) is 15.9 Å². The first kappa shape index (κ1) is 14.2. The van der Waals surface area contributed by atoms with E-state index in [1.807, 2.05) is 19.1 Å². The number of aryl methyl sites for hydroxylation is 1. The highest BCUT2D eigenvalue weighted by Gasteiger charge is 2.16. The van der Waals surface area contributed by atoms with Crippen LogP contribution in [0.3, 0.4) is 0 Å². The second-order valence-electron chi connectivity index (χ2n) is 4.30. The van der Waals surface area contributed by atoms with Gasteiger partial charge in [-0.2, -0.15) is 0 Å². The molecule has 0 saturated carbocycles. The van der Waals surface area contributed by atoms with E-state index in [0.29, 0.717) is 21.6 Å². The molecule has 1 aromatic carbocycles. The topological polar surface area (TPSA) is 33.5 Å². The van der Waals surface area contributed by atoms with Gasteiger partial charge in [-0.25, -0.2) is 0 Å². The van der Waals surface area contributed by atoms with Gasteiger partial charge in [0.25, 0.3) is 5.91 Å². The highest BCUT2D eigenvalue weighted by Crippen LogP contribution is 2.23. The summed E-state index contributed by atoms with van der Waals surface area (Å²) in [7, 11) is 1.74. The van der Waals surface area contributed by atoms with Gasteiger partial charge in [0.1, 0.15) is 11.5 Å². The maximum absolute atomic E-state index is 12.3. The Hall–Kier alpha value is -1.26. The second kappa shape index (κ2) is 5.80. The molecule has 0 aliphatic heterocycles. The SMILES string of the molecule is Cc1ccc(CN(C)C(=O)c2ccc(Cl)cc2Br)o1. The first-order valence-electron chi connectivity index (χ1n) is 5.73. The van der Waals surface area contributed by atoms with E-state index in [-0.39, 0.29) is 5.91 Å². The van der Waals surface area contributed by atoms with Crippen LogP contribution >= 0.6 is 27.5 Å². The van der Waals surface area contributed by atoms with Crippen LogP contribution in [0.2, 0.25) is 5.02 Å². The molecule has 0 unspecified atom stereocenters. The van der Waals surface area contributed by atoms with Crippen molar-refractivity contribution in [3.8, 4) is 0 Å². The van der Waals surface area contributed by atoms with Crippen LogP contribution in [-0.4, -0.2) is 17.9 Å². The molecule has 3 nitrogen and oxygen atoms in total. The van der Waals surface area contributed by atoms with Crippen LogP contribution < -0.4 is 0 Å². The van der Waals surface area contributed by atoms with Crippen molar-refractivity contribution >= 4 is 33.4 Å². The monoisotopic (exact) mass is 341 g/mol. The minimum Gasteiger partial charge on any atom is -0.464 e. The van der Waals surface area contributed by atoms with Crippen LogP contribution in [0.4, 0.5) is 0 Å². The average molecular weight is 343 g/mol. The molecule has 0 spiro atoms. The third-order valence-electron chi connectivity index (χ3n) is 2.70. The normalized spacial score (nSPS) is 10.5. The van der Waals surface area contributed by atoms with Crippen molar-refractivity contribution in [3.63, 3.8) is 0 Å². The number of rotatable bonds is 3. The van der Waals surface area contributed by atoms with Gasteiger partial charge in [0.15, 0.2) is 0 Å². The van der Waals surface area contributed by atoms with E-state index in [9.17, 15) is 4.79 Å². The van der Waals surface area contributed by atoms with Crippen molar-refractivity contribution in [3.05, 3.63) is 56.9 Å². The quantitative estimate of drug-likeness (QED) is 0.834. The highest BCUT2D eigenvalue weighted by molar-refractivity contribution is 9.10. The highest BCUT2D eigenvalue weighted by atomic mass is 79.9. The van der Waals surface area contributed by atoms with E-state index in [1.165, 1.54) is 0 Å². The summed E-state index contributed by atoms with van der Waals surface area (Å²) in [6.07, 6.45) is 0. The number of amides is 1. The third-order valence-corrected chi connectivity index (χ3v) is 3.59. The van der Waals surface area contributed by atoms with Crippen LogP contribution in [0, 0.1) is 6.92 Å². The van der Waals surface area contributed by atoms with Crippen LogP contribution in [-0.2, 0) is 6.54 Å². The Kier molecular flexibility index (Phi) is 4.32. The Morgan fingerprint density at radius 1 is 1.37 bits per heavy atom. The van der Waals surface area contributed by atoms with Crippen LogP contribution in [0.5, 0.6) is 0 Å². The number of hydrogen-bond donors (Lipinski definition) is 0. The fourth-order valence-corrected chi connectivity index (χ4v) is 2.60. The maximum atomic E-state index is 12.3. The molecular formula is C14H13BrClNO2. The first-order chi connectivity index (χ1) is 8.97. The summed E-state index contributed by atoms with van der Waals surface area (Å²) in [5.41, 5.74) is 0.579. The van der Waals surface area contributed by atoms with E-state index < -0.39 is 0 Å². The van der Waals surface area contributed by atoms with Crippen molar-refractivity contribution in [2.75, 3.05) is 7.05 Å². The zero-order valence-electron chi connectivity index (χ0n) is 10.6. The van der Waals surface area contributed by atoms with Gasteiger partial charge in [0, 0.05) is 16.5 Å². The summed E-state index contributed by atoms with van der Waals surface area (Å²) in [5.74, 6) is 1.51. The van der Waals surface area contributed by atoms with Crippen LogP contribution in [0.15, 0.2) is 39.2 Å². The molecule has 100 valence electrons. The van der Waals surface area contributed by atoms with Crippen molar-refractivity contribution in [2.24, 2.45) is 0 Å². The molecule has 0 aliphatic carbocycles. The smallest absolute Gasteiger partial charge is 0.255 e. The fourth-order valence-electron chi connectivity index (χ4n) is 1.74. The van der Waals surface area contributed by atoms with Gasteiger partial charge in [-0.1, -0.05) is 11.6 Å². The summed E-state index contributed by atoms with van der Waals surface area (Å²) in [5, 5.41) is 0.590. The first-order valence-corrected chi connectivity index (χ1v) is 6.90. The van der Waals surface area contributed by atoms with Crippen molar-refractivity contribution in [1.29, 1.82) is 0 Å². The van der Waals surface area contributed by atoms with Crippen molar-refractivity contribution in [2.45, 2.75) is 13.5 Å². The summed E-state index contributed by atoms with van der Waals surface area (Å²) in [4.78, 5) is 13.9. The second-order valence-corrected chi connectivity index (χ2v) is 5.59. The predicted molar refractivity (Wildman–Crippen MR) is 78.4 cm³/mol. The van der Waals surface area contributed by atoms with Gasteiger partial charge >= 0.3 is 0 Å². The van der Waals surface area contributed by atoms with E-state index in [0.717, 1.165) is 11.5 Å². The molecule has 5 heteroatoms. The maximum Gasteiger partial charge on any atom is 0.255 e. The molecule has 1 amide bonds. The molecule has 2 aromatic rings. The van der Waals surface area contributed by atoms with E-state index in [1.54, 1.807) is 30.1 Å². The zero-order chi connectivity index (χ0) is 14.0. The Labute approximate surface area is 125 Å². The molecule has 0 aliphatic rings. The lowest BCUT2D eigenvalue weighted by atomic mass is 10.2. The van der Waals surface area contributed by atoms with Crippen LogP contribution in [0.25, 0.3) is 0 Å². The summed E-state index contributed by atoms with van der Waals surface area (Å²) >= 11 is 9.21. The van der Waals surface area contributed by atoms with Gasteiger partial charge in [-0.15, -0.1) is 0 Å². The Balaban J connectivity index is 2.14. The number of halogens is 2.